The van der Waals surface area contributed by atoms with E-state index in [4.69, 9.17) is 24.7 Å². The van der Waals surface area contributed by atoms with Crippen LogP contribution in [0.15, 0.2) is 18.2 Å². The normalized spacial score (nSPS) is 28.7. The van der Waals surface area contributed by atoms with Crippen LogP contribution in [0.4, 0.5) is 0 Å². The molecule has 0 radical (unpaired) electrons. The standard InChI is InChI=1S/C28H31NO11.ClH/c1-11-23(31)14(29)7-18(39-11)40-16-9-28(36,17(30)10-37-2)8-13-20(16)27(35)22-21(25(13)33)24(32)12-5-4-6-15(38-3)19(12)26(22)34;/h4-6,11,14,16,18,23,31,33,35-36H,7-10,29H2,1-3H3;1H/t11-,14-,16-,18?,23+,28-;/m0./s1. The van der Waals surface area contributed by atoms with Crippen LogP contribution in [0.2, 0.25) is 0 Å². The molecule has 2 aliphatic carbocycles. The van der Waals surface area contributed by atoms with E-state index < -0.39 is 89.2 Å². The molecule has 1 saturated heterocycles. The smallest absolute Gasteiger partial charge is 0.202 e. The van der Waals surface area contributed by atoms with Crippen molar-refractivity contribution < 1.29 is 53.8 Å². The Morgan fingerprint density at radius 3 is 2.44 bits per heavy atom. The fourth-order valence-corrected chi connectivity index (χ4v) is 5.87. The summed E-state index contributed by atoms with van der Waals surface area (Å²) in [7, 11) is 2.62. The number of Topliss-reactive ketones (excluding diaryl/α,β-unsaturated/α-hetero) is 1. The summed E-state index contributed by atoms with van der Waals surface area (Å²) >= 11 is 0. The summed E-state index contributed by atoms with van der Waals surface area (Å²) < 4.78 is 22.1. The third kappa shape index (κ3) is 4.89. The van der Waals surface area contributed by atoms with E-state index in [2.05, 4.69) is 0 Å². The van der Waals surface area contributed by atoms with Crippen LogP contribution in [0, 0.1) is 0 Å². The van der Waals surface area contributed by atoms with Gasteiger partial charge in [-0.25, -0.2) is 0 Å². The summed E-state index contributed by atoms with van der Waals surface area (Å²) in [5, 5.41) is 44.6. The summed E-state index contributed by atoms with van der Waals surface area (Å²) in [4.78, 5) is 40.2. The fourth-order valence-electron chi connectivity index (χ4n) is 5.87. The molecule has 0 amide bonds. The number of aliphatic hydroxyl groups is 2. The SMILES string of the molecule is COCC(=O)[C@]1(O)Cc2c(O)c3c(c(O)c2[C@@H](OC2C[C@H](N)[C@H](O)[C@H](C)O2)C1)C(=O)c1c(OC)cccc1C3=O.Cl. The second-order valence-electron chi connectivity index (χ2n) is 10.4. The lowest BCUT2D eigenvalue weighted by Crippen LogP contribution is -2.53. The zero-order valence-electron chi connectivity index (χ0n) is 22.6. The first kappa shape index (κ1) is 30.8. The average molecular weight is 594 g/mol. The molecule has 2 aromatic carbocycles. The molecule has 1 aliphatic heterocycles. The number of fused-ring (bicyclic) bond motifs is 3. The Morgan fingerprint density at radius 1 is 1.12 bits per heavy atom. The highest BCUT2D eigenvalue weighted by Crippen LogP contribution is 2.52. The number of hydrogen-bond donors (Lipinski definition) is 5. The minimum Gasteiger partial charge on any atom is -0.507 e. The minimum atomic E-state index is -2.11. The van der Waals surface area contributed by atoms with Gasteiger partial charge in [0.2, 0.25) is 5.78 Å². The maximum atomic E-state index is 13.7. The van der Waals surface area contributed by atoms with Gasteiger partial charge in [0.15, 0.2) is 17.9 Å². The molecule has 2 aromatic rings. The summed E-state index contributed by atoms with van der Waals surface area (Å²) in [5.41, 5.74) is 2.75. The second-order valence-corrected chi connectivity index (χ2v) is 10.4. The molecule has 41 heavy (non-hydrogen) atoms. The van der Waals surface area contributed by atoms with E-state index in [1.807, 2.05) is 0 Å². The van der Waals surface area contributed by atoms with Crippen molar-refractivity contribution in [2.24, 2.45) is 5.73 Å². The van der Waals surface area contributed by atoms with E-state index in [-0.39, 0.29) is 53.3 Å². The molecule has 6 N–H and O–H groups in total. The predicted molar refractivity (Wildman–Crippen MR) is 144 cm³/mol. The number of ether oxygens (including phenoxy) is 4. The highest BCUT2D eigenvalue weighted by atomic mass is 35.5. The number of phenols is 2. The number of phenolic OH excluding ortho intramolecular Hbond substituents is 2. The molecule has 3 aliphatic rings. The van der Waals surface area contributed by atoms with Crippen molar-refractivity contribution >= 4 is 29.8 Å². The van der Waals surface area contributed by atoms with E-state index in [1.165, 1.54) is 32.4 Å². The van der Waals surface area contributed by atoms with Gasteiger partial charge in [-0.1, -0.05) is 12.1 Å². The van der Waals surface area contributed by atoms with E-state index in [0.29, 0.717) is 0 Å². The predicted octanol–water partition coefficient (Wildman–Crippen LogP) is 1.08. The molecule has 5 rings (SSSR count). The number of nitrogens with two attached hydrogens (primary N) is 1. The van der Waals surface area contributed by atoms with Gasteiger partial charge < -0.3 is 45.1 Å². The van der Waals surface area contributed by atoms with Gasteiger partial charge in [-0.2, -0.15) is 0 Å². The molecule has 1 unspecified atom stereocenters. The second kappa shape index (κ2) is 11.3. The van der Waals surface area contributed by atoms with E-state index in [9.17, 15) is 34.8 Å². The van der Waals surface area contributed by atoms with Gasteiger partial charge in [-0.3, -0.25) is 14.4 Å². The van der Waals surface area contributed by atoms with Crippen molar-refractivity contribution in [3.8, 4) is 17.2 Å². The van der Waals surface area contributed by atoms with Gasteiger partial charge >= 0.3 is 0 Å². The molecular weight excluding hydrogens is 562 g/mol. The van der Waals surface area contributed by atoms with Gasteiger partial charge in [0.1, 0.15) is 29.5 Å². The number of rotatable bonds is 6. The number of aromatic hydroxyl groups is 2. The lowest BCUT2D eigenvalue weighted by molar-refractivity contribution is -0.247. The molecule has 12 nitrogen and oxygen atoms in total. The lowest BCUT2D eigenvalue weighted by atomic mass is 9.72. The largest absolute Gasteiger partial charge is 0.507 e. The topological polar surface area (TPSA) is 195 Å². The molecule has 13 heteroatoms. The van der Waals surface area contributed by atoms with E-state index in [1.54, 1.807) is 6.92 Å². The van der Waals surface area contributed by atoms with Crippen LogP contribution in [0.5, 0.6) is 17.2 Å². The van der Waals surface area contributed by atoms with Crippen molar-refractivity contribution in [3.05, 3.63) is 51.6 Å². The van der Waals surface area contributed by atoms with Crippen molar-refractivity contribution in [2.45, 2.75) is 62.4 Å². The number of aliphatic hydroxyl groups excluding tert-OH is 1. The number of hydrogen-bond acceptors (Lipinski definition) is 12. The lowest BCUT2D eigenvalue weighted by Gasteiger charge is -2.42. The number of carbonyl (C=O) groups is 3. The van der Waals surface area contributed by atoms with Crippen LogP contribution >= 0.6 is 12.4 Å². The molecule has 1 fully saturated rings. The molecule has 0 spiro atoms. The van der Waals surface area contributed by atoms with Crippen molar-refractivity contribution in [3.63, 3.8) is 0 Å². The summed E-state index contributed by atoms with van der Waals surface area (Å²) in [6.07, 6.45) is -4.80. The average Bonchev–Trinajstić information content (AvgIpc) is 2.91. The van der Waals surface area contributed by atoms with Crippen LogP contribution in [0.25, 0.3) is 0 Å². The van der Waals surface area contributed by atoms with Crippen LogP contribution in [-0.2, 0) is 25.4 Å². The van der Waals surface area contributed by atoms with Crippen LogP contribution < -0.4 is 10.5 Å². The van der Waals surface area contributed by atoms with Gasteiger partial charge in [-0.05, 0) is 13.0 Å². The van der Waals surface area contributed by atoms with Gasteiger partial charge in [0, 0.05) is 49.1 Å². The maximum Gasteiger partial charge on any atom is 0.202 e. The van der Waals surface area contributed by atoms with Crippen molar-refractivity contribution in [1.82, 2.24) is 0 Å². The first-order chi connectivity index (χ1) is 18.9. The van der Waals surface area contributed by atoms with Gasteiger partial charge in [0.25, 0.3) is 0 Å². The van der Waals surface area contributed by atoms with E-state index in [0.717, 1.165) is 0 Å². The quantitative estimate of drug-likeness (QED) is 0.255. The Labute approximate surface area is 241 Å². The fraction of sp³-hybridized carbons (Fsp3) is 0.464. The maximum absolute atomic E-state index is 13.7. The molecule has 1 heterocycles. The van der Waals surface area contributed by atoms with Crippen LogP contribution in [0.3, 0.4) is 0 Å². The Balaban J connectivity index is 0.00000387. The Kier molecular flexibility index (Phi) is 8.50. The molecule has 6 atom stereocenters. The molecule has 0 saturated carbocycles. The minimum absolute atomic E-state index is 0. The third-order valence-electron chi connectivity index (χ3n) is 7.94. The van der Waals surface area contributed by atoms with Crippen molar-refractivity contribution in [2.75, 3.05) is 20.8 Å². The highest BCUT2D eigenvalue weighted by Gasteiger charge is 2.50. The van der Waals surface area contributed by atoms with Crippen LogP contribution in [-0.4, -0.2) is 88.7 Å². The molecule has 0 bridgehead atoms. The van der Waals surface area contributed by atoms with E-state index >= 15 is 0 Å². The molecular formula is C28H32ClNO11. The number of ketones is 3. The van der Waals surface area contributed by atoms with Crippen molar-refractivity contribution in [1.29, 1.82) is 0 Å². The highest BCUT2D eigenvalue weighted by molar-refractivity contribution is 6.31. The zero-order chi connectivity index (χ0) is 29.1. The molecule has 222 valence electrons. The molecule has 0 aromatic heterocycles. The number of methoxy groups -OCH3 is 2. The monoisotopic (exact) mass is 593 g/mol. The number of benzene rings is 2. The Morgan fingerprint density at radius 2 is 1.80 bits per heavy atom. The van der Waals surface area contributed by atoms with Gasteiger partial charge in [-0.15, -0.1) is 12.4 Å². The van der Waals surface area contributed by atoms with Gasteiger partial charge in [0.05, 0.1) is 42.1 Å². The zero-order valence-corrected chi connectivity index (χ0v) is 23.4. The van der Waals surface area contributed by atoms with Crippen LogP contribution in [0.1, 0.15) is 68.8 Å². The third-order valence-corrected chi connectivity index (χ3v) is 7.94. The Bertz CT molecular complexity index is 1400. The number of halogens is 1. The Hall–Kier alpha value is -3.10. The summed E-state index contributed by atoms with van der Waals surface area (Å²) in [6.45, 7) is 1.15. The number of carbonyl (C=O) groups excluding carboxylic acids is 3. The summed E-state index contributed by atoms with van der Waals surface area (Å²) in [5.74, 6) is -3.37. The first-order valence-electron chi connectivity index (χ1n) is 12.8. The summed E-state index contributed by atoms with van der Waals surface area (Å²) in [6, 6.07) is 3.71. The first-order valence-corrected chi connectivity index (χ1v) is 12.8.